The van der Waals surface area contributed by atoms with E-state index in [-0.39, 0.29) is 6.10 Å². The number of carboxylic acids is 1. The van der Waals surface area contributed by atoms with Gasteiger partial charge in [-0.1, -0.05) is 12.1 Å². The van der Waals surface area contributed by atoms with Crippen LogP contribution in [-0.4, -0.2) is 35.4 Å². The van der Waals surface area contributed by atoms with Crippen molar-refractivity contribution in [3.8, 4) is 0 Å². The van der Waals surface area contributed by atoms with Crippen molar-refractivity contribution in [1.29, 1.82) is 0 Å². The maximum atomic E-state index is 11.0. The number of anilines is 1. The molecular formula is C11H13NO3. The molecule has 1 aliphatic heterocycles. The van der Waals surface area contributed by atoms with Gasteiger partial charge in [-0.15, -0.1) is 0 Å². The van der Waals surface area contributed by atoms with Crippen molar-refractivity contribution in [3.63, 3.8) is 0 Å². The monoisotopic (exact) mass is 207 g/mol. The number of aromatic carboxylic acids is 1. The zero-order valence-corrected chi connectivity index (χ0v) is 8.26. The molecule has 1 unspecified atom stereocenters. The maximum Gasteiger partial charge on any atom is 0.337 e. The van der Waals surface area contributed by atoms with Gasteiger partial charge in [0.1, 0.15) is 0 Å². The van der Waals surface area contributed by atoms with Crippen LogP contribution in [0, 0.1) is 0 Å². The van der Waals surface area contributed by atoms with Gasteiger partial charge >= 0.3 is 5.97 Å². The molecule has 1 fully saturated rings. The third-order valence-corrected chi connectivity index (χ3v) is 2.64. The molecule has 0 aliphatic carbocycles. The molecule has 1 aromatic carbocycles. The highest BCUT2D eigenvalue weighted by Gasteiger charge is 2.23. The normalized spacial score (nSPS) is 20.6. The Kier molecular flexibility index (Phi) is 2.60. The minimum absolute atomic E-state index is 0.298. The average molecular weight is 207 g/mol. The fourth-order valence-corrected chi connectivity index (χ4v) is 1.89. The molecule has 4 nitrogen and oxygen atoms in total. The highest BCUT2D eigenvalue weighted by Crippen LogP contribution is 2.24. The molecule has 1 aliphatic rings. The number of hydrogen-bond acceptors (Lipinski definition) is 3. The molecule has 0 spiro atoms. The summed E-state index contributed by atoms with van der Waals surface area (Å²) < 4.78 is 0. The number of rotatable bonds is 2. The zero-order valence-electron chi connectivity index (χ0n) is 8.26. The van der Waals surface area contributed by atoms with Crippen LogP contribution in [0.25, 0.3) is 0 Å². The molecule has 0 amide bonds. The number of aliphatic hydroxyl groups is 1. The van der Waals surface area contributed by atoms with E-state index < -0.39 is 5.97 Å². The van der Waals surface area contributed by atoms with E-state index in [0.717, 1.165) is 0 Å². The van der Waals surface area contributed by atoms with Gasteiger partial charge in [-0.05, 0) is 18.6 Å². The fraction of sp³-hybridized carbons (Fsp3) is 0.364. The van der Waals surface area contributed by atoms with E-state index in [9.17, 15) is 9.90 Å². The SMILES string of the molecule is O=C(O)c1ccccc1N1CCC(O)C1. The zero-order chi connectivity index (χ0) is 10.8. The van der Waals surface area contributed by atoms with Gasteiger partial charge in [-0.2, -0.15) is 0 Å². The minimum Gasteiger partial charge on any atom is -0.478 e. The van der Waals surface area contributed by atoms with Crippen LogP contribution in [0.2, 0.25) is 0 Å². The summed E-state index contributed by atoms with van der Waals surface area (Å²) >= 11 is 0. The highest BCUT2D eigenvalue weighted by atomic mass is 16.4. The molecule has 2 rings (SSSR count). The second kappa shape index (κ2) is 3.90. The summed E-state index contributed by atoms with van der Waals surface area (Å²) in [6.07, 6.45) is 0.361. The van der Waals surface area contributed by atoms with Crippen LogP contribution in [-0.2, 0) is 0 Å². The predicted octanol–water partition coefficient (Wildman–Crippen LogP) is 0.956. The number of nitrogens with zero attached hydrogens (tertiary/aromatic N) is 1. The second-order valence-corrected chi connectivity index (χ2v) is 3.71. The molecule has 80 valence electrons. The van der Waals surface area contributed by atoms with Crippen LogP contribution in [0.5, 0.6) is 0 Å². The molecule has 0 aromatic heterocycles. The van der Waals surface area contributed by atoms with Gasteiger partial charge in [0.2, 0.25) is 0 Å². The number of carboxylic acid groups (broad SMARTS) is 1. The van der Waals surface area contributed by atoms with Gasteiger partial charge in [0.15, 0.2) is 0 Å². The van der Waals surface area contributed by atoms with Crippen LogP contribution in [0.15, 0.2) is 24.3 Å². The fourth-order valence-electron chi connectivity index (χ4n) is 1.89. The average Bonchev–Trinajstić information content (AvgIpc) is 2.65. The van der Waals surface area contributed by atoms with Crippen molar-refractivity contribution in [2.75, 3.05) is 18.0 Å². The lowest BCUT2D eigenvalue weighted by atomic mass is 10.1. The Balaban J connectivity index is 2.31. The number of hydrogen-bond donors (Lipinski definition) is 2. The first-order chi connectivity index (χ1) is 7.18. The van der Waals surface area contributed by atoms with Gasteiger partial charge < -0.3 is 15.1 Å². The lowest BCUT2D eigenvalue weighted by Crippen LogP contribution is -2.23. The molecular weight excluding hydrogens is 194 g/mol. The number of para-hydroxylation sites is 1. The first kappa shape index (κ1) is 9.98. The molecule has 0 bridgehead atoms. The van der Waals surface area contributed by atoms with Gasteiger partial charge in [0.25, 0.3) is 0 Å². The van der Waals surface area contributed by atoms with Crippen molar-refractivity contribution >= 4 is 11.7 Å². The third kappa shape index (κ3) is 1.94. The minimum atomic E-state index is -0.924. The van der Waals surface area contributed by atoms with Crippen LogP contribution in [0.3, 0.4) is 0 Å². The van der Waals surface area contributed by atoms with E-state index in [1.165, 1.54) is 0 Å². The molecule has 1 saturated heterocycles. The lowest BCUT2D eigenvalue weighted by Gasteiger charge is -2.19. The Morgan fingerprint density at radius 3 is 2.73 bits per heavy atom. The summed E-state index contributed by atoms with van der Waals surface area (Å²) in [6.45, 7) is 1.23. The van der Waals surface area contributed by atoms with Gasteiger partial charge in [-0.25, -0.2) is 4.79 Å². The third-order valence-electron chi connectivity index (χ3n) is 2.64. The topological polar surface area (TPSA) is 60.8 Å². The Hall–Kier alpha value is -1.55. The number of benzene rings is 1. The largest absolute Gasteiger partial charge is 0.478 e. The molecule has 0 saturated carbocycles. The van der Waals surface area contributed by atoms with Crippen LogP contribution in [0.4, 0.5) is 5.69 Å². The Morgan fingerprint density at radius 2 is 2.13 bits per heavy atom. The second-order valence-electron chi connectivity index (χ2n) is 3.71. The first-order valence-electron chi connectivity index (χ1n) is 4.94. The summed E-state index contributed by atoms with van der Waals surface area (Å²) in [4.78, 5) is 12.9. The van der Waals surface area contributed by atoms with Gasteiger partial charge in [0.05, 0.1) is 17.4 Å². The van der Waals surface area contributed by atoms with E-state index in [1.54, 1.807) is 18.2 Å². The van der Waals surface area contributed by atoms with E-state index in [4.69, 9.17) is 5.11 Å². The Bertz CT molecular complexity index is 378. The summed E-state index contributed by atoms with van der Waals surface area (Å²) in [5.74, 6) is -0.924. The predicted molar refractivity (Wildman–Crippen MR) is 56.2 cm³/mol. The molecule has 15 heavy (non-hydrogen) atoms. The molecule has 1 aromatic rings. The van der Waals surface area contributed by atoms with Crippen molar-refractivity contribution in [3.05, 3.63) is 29.8 Å². The molecule has 1 heterocycles. The smallest absolute Gasteiger partial charge is 0.337 e. The number of β-amino-alcohol motifs (C(OH)–C–C–N with tert-alkyl or cyclic N) is 1. The molecule has 0 radical (unpaired) electrons. The van der Waals surface area contributed by atoms with E-state index in [2.05, 4.69) is 0 Å². The summed E-state index contributed by atoms with van der Waals surface area (Å²) in [5, 5.41) is 18.4. The number of aliphatic hydroxyl groups excluding tert-OH is 1. The summed E-state index contributed by atoms with van der Waals surface area (Å²) in [5.41, 5.74) is 0.994. The van der Waals surface area contributed by atoms with Crippen molar-refractivity contribution in [2.45, 2.75) is 12.5 Å². The van der Waals surface area contributed by atoms with Crippen molar-refractivity contribution in [2.24, 2.45) is 0 Å². The Morgan fingerprint density at radius 1 is 1.40 bits per heavy atom. The van der Waals surface area contributed by atoms with Gasteiger partial charge in [-0.3, -0.25) is 0 Å². The maximum absolute atomic E-state index is 11.0. The lowest BCUT2D eigenvalue weighted by molar-refractivity contribution is 0.0697. The van der Waals surface area contributed by atoms with Crippen molar-refractivity contribution < 1.29 is 15.0 Å². The molecule has 4 heteroatoms. The Labute approximate surface area is 87.8 Å². The van der Waals surface area contributed by atoms with Gasteiger partial charge in [0, 0.05) is 13.1 Å². The van der Waals surface area contributed by atoms with E-state index in [0.29, 0.717) is 30.8 Å². The van der Waals surface area contributed by atoms with Crippen LogP contribution in [0.1, 0.15) is 16.8 Å². The van der Waals surface area contributed by atoms with E-state index >= 15 is 0 Å². The standard InChI is InChI=1S/C11H13NO3/c13-8-5-6-12(7-8)10-4-2-1-3-9(10)11(14)15/h1-4,8,13H,5-7H2,(H,14,15). The number of carbonyl (C=O) groups is 1. The molecule has 1 atom stereocenters. The quantitative estimate of drug-likeness (QED) is 0.758. The summed E-state index contributed by atoms with van der Waals surface area (Å²) in [7, 11) is 0. The summed E-state index contributed by atoms with van der Waals surface area (Å²) in [6, 6.07) is 6.88. The molecule has 2 N–H and O–H groups in total. The van der Waals surface area contributed by atoms with Crippen molar-refractivity contribution in [1.82, 2.24) is 0 Å². The highest BCUT2D eigenvalue weighted by molar-refractivity contribution is 5.94. The van der Waals surface area contributed by atoms with Crippen LogP contribution >= 0.6 is 0 Å². The van der Waals surface area contributed by atoms with E-state index in [1.807, 2.05) is 11.0 Å². The first-order valence-corrected chi connectivity index (χ1v) is 4.94. The van der Waals surface area contributed by atoms with Crippen LogP contribution < -0.4 is 4.90 Å².